The summed E-state index contributed by atoms with van der Waals surface area (Å²) < 4.78 is 30.1. The molecule has 1 aliphatic heterocycles. The number of carbonyl (C=O) groups excluding carboxylic acids is 1. The normalized spacial score (nSPS) is 18.1. The van der Waals surface area contributed by atoms with Crippen LogP contribution in [0.3, 0.4) is 0 Å². The Bertz CT molecular complexity index is 1330. The van der Waals surface area contributed by atoms with E-state index in [4.69, 9.17) is 16.7 Å². The molecule has 0 bridgehead atoms. The maximum atomic E-state index is 15.4. The van der Waals surface area contributed by atoms with Gasteiger partial charge in [0, 0.05) is 26.4 Å². The van der Waals surface area contributed by atoms with Gasteiger partial charge in [0.2, 0.25) is 5.91 Å². The molecule has 1 unspecified atom stereocenters. The smallest absolute Gasteiger partial charge is 0.338 e. The molecule has 10 heteroatoms. The van der Waals surface area contributed by atoms with Crippen molar-refractivity contribution >= 4 is 46.1 Å². The zero-order valence-electron chi connectivity index (χ0n) is 18.1. The van der Waals surface area contributed by atoms with E-state index in [2.05, 4.69) is 4.98 Å². The summed E-state index contributed by atoms with van der Waals surface area (Å²) in [6.07, 6.45) is 1.90. The van der Waals surface area contributed by atoms with E-state index in [1.165, 1.54) is 29.2 Å². The number of carbonyl (C=O) groups is 2. The highest BCUT2D eigenvalue weighted by atomic mass is 35.5. The van der Waals surface area contributed by atoms with Crippen LogP contribution in [0.15, 0.2) is 40.1 Å². The average molecular weight is 507 g/mol. The lowest BCUT2D eigenvalue weighted by Crippen LogP contribution is -2.65. The highest BCUT2D eigenvalue weighted by molar-refractivity contribution is 7.99. The number of halogens is 3. The van der Waals surface area contributed by atoms with Crippen LogP contribution in [-0.2, 0) is 4.79 Å². The predicted molar refractivity (Wildman–Crippen MR) is 123 cm³/mol. The number of aryl methyl sites for hydroxylation is 1. The van der Waals surface area contributed by atoms with E-state index in [0.717, 1.165) is 24.6 Å². The lowest BCUT2D eigenvalue weighted by Gasteiger charge is -2.47. The number of aromatic carboxylic acids is 1. The van der Waals surface area contributed by atoms with Crippen LogP contribution in [-0.4, -0.2) is 50.7 Å². The summed E-state index contributed by atoms with van der Waals surface area (Å²) in [5, 5.41) is 18.8. The van der Waals surface area contributed by atoms with Gasteiger partial charge in [0.1, 0.15) is 11.0 Å². The van der Waals surface area contributed by atoms with Crippen molar-refractivity contribution in [2.24, 2.45) is 5.92 Å². The minimum atomic E-state index is -1.37. The van der Waals surface area contributed by atoms with Crippen molar-refractivity contribution in [1.29, 1.82) is 0 Å². The number of rotatable bonds is 6. The lowest BCUT2D eigenvalue weighted by atomic mass is 9.88. The monoisotopic (exact) mass is 506 g/mol. The van der Waals surface area contributed by atoms with Gasteiger partial charge in [0.15, 0.2) is 11.6 Å². The molecule has 1 aliphatic carbocycles. The fourth-order valence-electron chi connectivity index (χ4n) is 4.48. The van der Waals surface area contributed by atoms with Crippen LogP contribution in [0.4, 0.5) is 8.78 Å². The van der Waals surface area contributed by atoms with Gasteiger partial charge in [0.25, 0.3) is 0 Å². The standard InChI is InChI=1S/C24H21ClF2N2O4S/c1-11-21(34-16-4-2-3-14(18(16)26)23(31)32)15-8-7-13(19(27)20(15)28-11)17(25)22(30)29-9-24(33,10-29)12-5-6-12/h2-4,7-8,12,17,28,33H,5-6,9-10H2,1H3,(H,31,32). The van der Waals surface area contributed by atoms with Gasteiger partial charge in [-0.1, -0.05) is 30.0 Å². The Morgan fingerprint density at radius 3 is 2.56 bits per heavy atom. The number of hydrogen-bond acceptors (Lipinski definition) is 4. The number of benzene rings is 2. The number of likely N-dealkylation sites (tertiary alicyclic amines) is 1. The molecular formula is C24H21ClF2N2O4S. The molecule has 178 valence electrons. The number of nitrogens with one attached hydrogen (secondary N) is 1. The van der Waals surface area contributed by atoms with E-state index in [-0.39, 0.29) is 35.0 Å². The Morgan fingerprint density at radius 1 is 1.21 bits per heavy atom. The topological polar surface area (TPSA) is 93.6 Å². The van der Waals surface area contributed by atoms with Gasteiger partial charge >= 0.3 is 5.97 Å². The quantitative estimate of drug-likeness (QED) is 0.415. The van der Waals surface area contributed by atoms with E-state index in [9.17, 15) is 19.1 Å². The summed E-state index contributed by atoms with van der Waals surface area (Å²) in [6.45, 7) is 2.10. The third-order valence-electron chi connectivity index (χ3n) is 6.54. The molecule has 1 saturated heterocycles. The van der Waals surface area contributed by atoms with E-state index < -0.39 is 40.1 Å². The van der Waals surface area contributed by atoms with Crippen LogP contribution in [0.25, 0.3) is 10.9 Å². The third kappa shape index (κ3) is 3.76. The molecule has 2 fully saturated rings. The largest absolute Gasteiger partial charge is 0.478 e. The molecule has 3 aromatic rings. The summed E-state index contributed by atoms with van der Waals surface area (Å²) in [6, 6.07) is 7.12. The third-order valence-corrected chi connectivity index (χ3v) is 8.23. The van der Waals surface area contributed by atoms with Crippen molar-refractivity contribution in [3.8, 4) is 0 Å². The number of aliphatic hydroxyl groups is 1. The maximum absolute atomic E-state index is 15.4. The van der Waals surface area contributed by atoms with Crippen LogP contribution in [0.2, 0.25) is 0 Å². The van der Waals surface area contributed by atoms with Crippen LogP contribution < -0.4 is 0 Å². The molecule has 34 heavy (non-hydrogen) atoms. The van der Waals surface area contributed by atoms with Crippen molar-refractivity contribution < 1.29 is 28.6 Å². The fourth-order valence-corrected chi connectivity index (χ4v) is 5.84. The first-order chi connectivity index (χ1) is 16.1. The number of β-amino-alcohol motifs (C(OH)–C–C–N with tert-alkyl or cyclic N) is 1. The molecule has 1 atom stereocenters. The second-order valence-corrected chi connectivity index (χ2v) is 10.4. The number of fused-ring (bicyclic) bond motifs is 1. The molecule has 2 aliphatic rings. The Kier molecular flexibility index (Phi) is 5.61. The molecule has 2 heterocycles. The molecule has 6 nitrogen and oxygen atoms in total. The Hall–Kier alpha value is -2.62. The van der Waals surface area contributed by atoms with Gasteiger partial charge in [-0.3, -0.25) is 4.79 Å². The number of H-pyrrole nitrogens is 1. The van der Waals surface area contributed by atoms with Crippen LogP contribution in [0, 0.1) is 24.5 Å². The number of alkyl halides is 1. The molecule has 3 N–H and O–H groups in total. The van der Waals surface area contributed by atoms with Gasteiger partial charge in [-0.15, -0.1) is 11.6 Å². The second kappa shape index (κ2) is 8.25. The first-order valence-electron chi connectivity index (χ1n) is 10.8. The number of aromatic nitrogens is 1. The maximum Gasteiger partial charge on any atom is 0.338 e. The molecule has 0 spiro atoms. The second-order valence-electron chi connectivity index (χ2n) is 8.93. The summed E-state index contributed by atoms with van der Waals surface area (Å²) >= 11 is 7.36. The average Bonchev–Trinajstić information content (AvgIpc) is 3.58. The van der Waals surface area contributed by atoms with E-state index in [1.807, 2.05) is 0 Å². The summed E-state index contributed by atoms with van der Waals surface area (Å²) in [7, 11) is 0. The number of carboxylic acids is 1. The van der Waals surface area contributed by atoms with Crippen molar-refractivity contribution in [1.82, 2.24) is 9.88 Å². The molecule has 1 saturated carbocycles. The molecule has 5 rings (SSSR count). The molecule has 0 radical (unpaired) electrons. The first kappa shape index (κ1) is 23.1. The van der Waals surface area contributed by atoms with Gasteiger partial charge in [-0.2, -0.15) is 0 Å². The fraction of sp³-hybridized carbons (Fsp3) is 0.333. The van der Waals surface area contributed by atoms with Crippen molar-refractivity contribution in [3.05, 3.63) is 58.8 Å². The SMILES string of the molecule is Cc1[nH]c2c(F)c(C(Cl)C(=O)N3CC(O)(C4CC4)C3)ccc2c1Sc1cccc(C(=O)O)c1F. The van der Waals surface area contributed by atoms with Gasteiger partial charge in [-0.05, 0) is 37.8 Å². The molecule has 2 aromatic carbocycles. The van der Waals surface area contributed by atoms with Crippen molar-refractivity contribution in [3.63, 3.8) is 0 Å². The van der Waals surface area contributed by atoms with E-state index >= 15 is 4.39 Å². The van der Waals surface area contributed by atoms with Crippen LogP contribution in [0.1, 0.15) is 39.8 Å². The van der Waals surface area contributed by atoms with Gasteiger partial charge in [0.05, 0.1) is 24.2 Å². The van der Waals surface area contributed by atoms with Gasteiger partial charge in [-0.25, -0.2) is 13.6 Å². The summed E-state index contributed by atoms with van der Waals surface area (Å²) in [5.41, 5.74) is -0.600. The molecular weight excluding hydrogens is 486 g/mol. The zero-order valence-corrected chi connectivity index (χ0v) is 19.6. The molecule has 1 amide bonds. The Balaban J connectivity index is 1.42. The number of aromatic amines is 1. The Labute approximate surface area is 202 Å². The van der Waals surface area contributed by atoms with Crippen LogP contribution in [0.5, 0.6) is 0 Å². The zero-order chi connectivity index (χ0) is 24.4. The number of hydrogen-bond donors (Lipinski definition) is 3. The first-order valence-corrected chi connectivity index (χ1v) is 12.0. The van der Waals surface area contributed by atoms with E-state index in [1.54, 1.807) is 13.0 Å². The highest BCUT2D eigenvalue weighted by Gasteiger charge is 2.54. The number of carboxylic acid groups (broad SMARTS) is 1. The summed E-state index contributed by atoms with van der Waals surface area (Å²) in [4.78, 5) is 29.1. The highest BCUT2D eigenvalue weighted by Crippen LogP contribution is 2.46. The molecule has 1 aromatic heterocycles. The van der Waals surface area contributed by atoms with Gasteiger partial charge < -0.3 is 20.1 Å². The van der Waals surface area contributed by atoms with Crippen molar-refractivity contribution in [2.75, 3.05) is 13.1 Å². The van der Waals surface area contributed by atoms with Crippen LogP contribution >= 0.6 is 23.4 Å². The van der Waals surface area contributed by atoms with Crippen molar-refractivity contribution in [2.45, 2.75) is 40.5 Å². The minimum Gasteiger partial charge on any atom is -0.478 e. The Morgan fingerprint density at radius 2 is 1.91 bits per heavy atom. The lowest BCUT2D eigenvalue weighted by molar-refractivity contribution is -0.159. The number of amides is 1. The summed E-state index contributed by atoms with van der Waals surface area (Å²) in [5.74, 6) is -3.16. The predicted octanol–water partition coefficient (Wildman–Crippen LogP) is 4.87. The number of nitrogens with zero attached hydrogens (tertiary/aromatic N) is 1. The van der Waals surface area contributed by atoms with E-state index in [0.29, 0.717) is 16.0 Å². The minimum absolute atomic E-state index is 0.0119.